The lowest BCUT2D eigenvalue weighted by Crippen LogP contribution is -2.37. The van der Waals surface area contributed by atoms with Crippen LogP contribution in [0.15, 0.2) is 46.2 Å². The first-order valence-electron chi connectivity index (χ1n) is 8.46. The Morgan fingerprint density at radius 1 is 1.23 bits per heavy atom. The van der Waals surface area contributed by atoms with E-state index in [1.807, 2.05) is 35.4 Å². The Morgan fingerprint density at radius 3 is 2.92 bits per heavy atom. The van der Waals surface area contributed by atoms with Crippen LogP contribution in [0.25, 0.3) is 11.0 Å². The van der Waals surface area contributed by atoms with Crippen LogP contribution in [0.1, 0.15) is 19.0 Å². The van der Waals surface area contributed by atoms with Gasteiger partial charge >= 0.3 is 6.02 Å². The molecule has 2 aromatic heterocycles. The zero-order valence-corrected chi connectivity index (χ0v) is 14.6. The van der Waals surface area contributed by atoms with Crippen LogP contribution in [0.5, 0.6) is 0 Å². The number of nitrogens with zero attached hydrogens (tertiary/aromatic N) is 6. The summed E-state index contributed by atoms with van der Waals surface area (Å²) in [6.07, 6.45) is 9.39. The number of nitrogen functional groups attached to an aromatic ring is 1. The van der Waals surface area contributed by atoms with E-state index in [0.717, 1.165) is 41.1 Å². The fraction of sp³-hybridized carbons (Fsp3) is 0.278. The Hall–Kier alpha value is -3.29. The molecule has 0 bridgehead atoms. The summed E-state index contributed by atoms with van der Waals surface area (Å²) in [5, 5.41) is 0. The van der Waals surface area contributed by atoms with E-state index in [1.54, 1.807) is 13.3 Å². The molecule has 2 aromatic rings. The van der Waals surface area contributed by atoms with Gasteiger partial charge in [0.1, 0.15) is 17.4 Å². The first kappa shape index (κ1) is 16.2. The van der Waals surface area contributed by atoms with E-state index in [0.29, 0.717) is 6.02 Å². The fourth-order valence-electron chi connectivity index (χ4n) is 3.05. The van der Waals surface area contributed by atoms with Gasteiger partial charge in [-0.15, -0.1) is 0 Å². The molecule has 132 valence electrons. The number of aryl methyl sites for hydroxylation is 1. The number of methoxy groups -OCH3 is 1. The molecule has 2 aliphatic heterocycles. The van der Waals surface area contributed by atoms with Gasteiger partial charge in [0.15, 0.2) is 0 Å². The third-order valence-electron chi connectivity index (χ3n) is 4.22. The third kappa shape index (κ3) is 2.79. The summed E-state index contributed by atoms with van der Waals surface area (Å²) in [6, 6.07) is 4.06. The second-order valence-corrected chi connectivity index (χ2v) is 5.98. The van der Waals surface area contributed by atoms with Gasteiger partial charge in [0, 0.05) is 12.4 Å². The van der Waals surface area contributed by atoms with E-state index in [9.17, 15) is 0 Å². The van der Waals surface area contributed by atoms with E-state index in [2.05, 4.69) is 26.9 Å². The summed E-state index contributed by atoms with van der Waals surface area (Å²) in [5.41, 5.74) is 9.07. The molecule has 2 N–H and O–H groups in total. The van der Waals surface area contributed by atoms with E-state index < -0.39 is 0 Å². The smallest absolute Gasteiger partial charge is 0.316 e. The SMILES string of the molecule is CCCc1nc(N)nc2ccc(N3C=CC=C4N=C(OC)N=CC43)nc12. The van der Waals surface area contributed by atoms with Crippen molar-refractivity contribution in [2.75, 3.05) is 17.7 Å². The number of allylic oxidation sites excluding steroid dienone is 2. The number of aromatic nitrogens is 3. The highest BCUT2D eigenvalue weighted by molar-refractivity contribution is 5.93. The van der Waals surface area contributed by atoms with Gasteiger partial charge in [-0.2, -0.15) is 4.99 Å². The van der Waals surface area contributed by atoms with Crippen molar-refractivity contribution in [2.45, 2.75) is 25.8 Å². The van der Waals surface area contributed by atoms with E-state index >= 15 is 0 Å². The predicted octanol–water partition coefficient (Wildman–Crippen LogP) is 2.23. The molecule has 8 nitrogen and oxygen atoms in total. The van der Waals surface area contributed by atoms with Crippen molar-refractivity contribution in [3.05, 3.63) is 41.9 Å². The Kier molecular flexibility index (Phi) is 4.08. The highest BCUT2D eigenvalue weighted by Gasteiger charge is 2.26. The van der Waals surface area contributed by atoms with Crippen LogP contribution in [0.2, 0.25) is 0 Å². The van der Waals surface area contributed by atoms with Gasteiger partial charge in [0.05, 0.1) is 24.0 Å². The van der Waals surface area contributed by atoms with Crippen LogP contribution >= 0.6 is 0 Å². The predicted molar refractivity (Wildman–Crippen MR) is 102 cm³/mol. The minimum Gasteiger partial charge on any atom is -0.467 e. The summed E-state index contributed by atoms with van der Waals surface area (Å²) >= 11 is 0. The minimum atomic E-state index is -0.131. The van der Waals surface area contributed by atoms with Gasteiger partial charge in [0.25, 0.3) is 0 Å². The molecule has 4 rings (SSSR count). The molecule has 26 heavy (non-hydrogen) atoms. The topological polar surface area (TPSA) is 102 Å². The Morgan fingerprint density at radius 2 is 2.12 bits per heavy atom. The molecule has 0 aromatic carbocycles. The van der Waals surface area contributed by atoms with Crippen molar-refractivity contribution in [3.8, 4) is 0 Å². The van der Waals surface area contributed by atoms with Crippen molar-refractivity contribution < 1.29 is 4.74 Å². The molecular weight excluding hydrogens is 330 g/mol. The highest BCUT2D eigenvalue weighted by atomic mass is 16.5. The number of aliphatic imine (C=N–C) groups is 2. The van der Waals surface area contributed by atoms with Gasteiger partial charge in [-0.3, -0.25) is 0 Å². The monoisotopic (exact) mass is 349 g/mol. The average molecular weight is 349 g/mol. The zero-order chi connectivity index (χ0) is 18.1. The Bertz CT molecular complexity index is 977. The molecule has 0 spiro atoms. The molecule has 0 aliphatic carbocycles. The number of ether oxygens (including phenoxy) is 1. The molecule has 2 aliphatic rings. The number of rotatable bonds is 3. The maximum Gasteiger partial charge on any atom is 0.316 e. The van der Waals surface area contributed by atoms with Crippen molar-refractivity contribution in [2.24, 2.45) is 9.98 Å². The number of amidine groups is 1. The summed E-state index contributed by atoms with van der Waals surface area (Å²) < 4.78 is 5.12. The Labute approximate surface area is 150 Å². The van der Waals surface area contributed by atoms with Crippen LogP contribution in [0.4, 0.5) is 11.8 Å². The molecule has 4 heterocycles. The highest BCUT2D eigenvalue weighted by Crippen LogP contribution is 2.27. The van der Waals surface area contributed by atoms with Crippen molar-refractivity contribution in [1.29, 1.82) is 0 Å². The summed E-state index contributed by atoms with van der Waals surface area (Å²) in [5.74, 6) is 1.05. The molecule has 0 saturated heterocycles. The summed E-state index contributed by atoms with van der Waals surface area (Å²) in [7, 11) is 1.55. The fourth-order valence-corrected chi connectivity index (χ4v) is 3.05. The number of hydrogen-bond donors (Lipinski definition) is 1. The standard InChI is InChI=1S/C18H19N7O/c1-3-5-12-16-13(22-17(19)21-12)7-8-15(24-16)25-9-4-6-11-14(25)10-20-18(23-11)26-2/h4,6-10,14H,3,5H2,1-2H3,(H2,19,21,22). The number of anilines is 2. The molecule has 0 fully saturated rings. The van der Waals surface area contributed by atoms with Crippen molar-refractivity contribution >= 4 is 35.0 Å². The summed E-state index contributed by atoms with van der Waals surface area (Å²) in [6.45, 7) is 2.10. The first-order valence-corrected chi connectivity index (χ1v) is 8.46. The third-order valence-corrected chi connectivity index (χ3v) is 4.22. The lowest BCUT2D eigenvalue weighted by molar-refractivity contribution is 0.395. The molecule has 1 unspecified atom stereocenters. The van der Waals surface area contributed by atoms with Gasteiger partial charge in [-0.25, -0.2) is 19.9 Å². The van der Waals surface area contributed by atoms with Gasteiger partial charge < -0.3 is 15.4 Å². The Balaban J connectivity index is 1.76. The van der Waals surface area contributed by atoms with Gasteiger partial charge in [0.2, 0.25) is 5.95 Å². The van der Waals surface area contributed by atoms with Crippen molar-refractivity contribution in [3.63, 3.8) is 0 Å². The van der Waals surface area contributed by atoms with Gasteiger partial charge in [-0.1, -0.05) is 13.3 Å². The quantitative estimate of drug-likeness (QED) is 0.912. The number of nitrogens with two attached hydrogens (primary N) is 1. The van der Waals surface area contributed by atoms with E-state index in [1.165, 1.54) is 0 Å². The minimum absolute atomic E-state index is 0.131. The number of fused-ring (bicyclic) bond motifs is 2. The van der Waals surface area contributed by atoms with Crippen molar-refractivity contribution in [1.82, 2.24) is 15.0 Å². The second-order valence-electron chi connectivity index (χ2n) is 5.98. The maximum atomic E-state index is 5.83. The lowest BCUT2D eigenvalue weighted by atomic mass is 10.1. The molecule has 8 heteroatoms. The molecule has 0 radical (unpaired) electrons. The molecule has 0 amide bonds. The zero-order valence-electron chi connectivity index (χ0n) is 14.6. The van der Waals surface area contributed by atoms with Crippen LogP contribution in [-0.4, -0.2) is 40.3 Å². The van der Waals surface area contributed by atoms with Crippen LogP contribution < -0.4 is 10.6 Å². The normalized spacial score (nSPS) is 18.5. The van der Waals surface area contributed by atoms with E-state index in [-0.39, 0.29) is 12.0 Å². The number of pyridine rings is 1. The summed E-state index contributed by atoms with van der Waals surface area (Å²) in [4.78, 5) is 24.2. The largest absolute Gasteiger partial charge is 0.467 e. The lowest BCUT2D eigenvalue weighted by Gasteiger charge is -2.31. The van der Waals surface area contributed by atoms with E-state index in [4.69, 9.17) is 15.5 Å². The molecule has 0 saturated carbocycles. The number of hydrogen-bond acceptors (Lipinski definition) is 8. The second kappa shape index (κ2) is 6.55. The molecule has 1 atom stereocenters. The molecular formula is C18H19N7O. The first-order chi connectivity index (χ1) is 12.7. The maximum absolute atomic E-state index is 5.83. The van der Waals surface area contributed by atoms with Crippen LogP contribution in [-0.2, 0) is 11.2 Å². The average Bonchev–Trinajstić information content (AvgIpc) is 2.67. The van der Waals surface area contributed by atoms with Gasteiger partial charge in [-0.05, 0) is 30.7 Å². The van der Waals surface area contributed by atoms with Crippen LogP contribution in [0, 0.1) is 0 Å². The van der Waals surface area contributed by atoms with Crippen LogP contribution in [0.3, 0.4) is 0 Å².